The van der Waals surface area contributed by atoms with Gasteiger partial charge in [-0.15, -0.1) is 0 Å². The zero-order chi connectivity index (χ0) is 10.1. The summed E-state index contributed by atoms with van der Waals surface area (Å²) < 4.78 is 0. The standard InChI is InChI=1S/C11H18O2/c1-3-5-6-7-10(4-2)8-9-11(12)13/h10H,3-7H2,1-2H3,(H,12,13). The van der Waals surface area contributed by atoms with Crippen LogP contribution in [0.1, 0.15) is 46.0 Å². The number of rotatable bonds is 5. The minimum Gasteiger partial charge on any atom is -0.472 e. The zero-order valence-corrected chi connectivity index (χ0v) is 8.47. The van der Waals surface area contributed by atoms with Crippen molar-refractivity contribution in [1.29, 1.82) is 0 Å². The molecule has 0 aliphatic carbocycles. The van der Waals surface area contributed by atoms with E-state index in [1.54, 1.807) is 0 Å². The molecule has 0 saturated heterocycles. The summed E-state index contributed by atoms with van der Waals surface area (Å²) in [5.41, 5.74) is 0. The molecule has 2 heteroatoms. The molecule has 0 aromatic rings. The van der Waals surface area contributed by atoms with E-state index >= 15 is 0 Å². The van der Waals surface area contributed by atoms with Crippen LogP contribution in [0, 0.1) is 17.8 Å². The van der Waals surface area contributed by atoms with Gasteiger partial charge in [0.2, 0.25) is 0 Å². The van der Waals surface area contributed by atoms with Crippen LogP contribution in [0.2, 0.25) is 0 Å². The van der Waals surface area contributed by atoms with Crippen LogP contribution in [0.4, 0.5) is 0 Å². The lowest BCUT2D eigenvalue weighted by molar-refractivity contribution is -0.130. The minimum absolute atomic E-state index is 0.266. The quantitative estimate of drug-likeness (QED) is 0.524. The first-order valence-electron chi connectivity index (χ1n) is 4.95. The van der Waals surface area contributed by atoms with Gasteiger partial charge in [0, 0.05) is 11.8 Å². The third-order valence-electron chi connectivity index (χ3n) is 2.03. The Labute approximate surface area is 80.3 Å². The van der Waals surface area contributed by atoms with Crippen LogP contribution in [0.5, 0.6) is 0 Å². The van der Waals surface area contributed by atoms with Gasteiger partial charge in [-0.3, -0.25) is 0 Å². The largest absolute Gasteiger partial charge is 0.472 e. The monoisotopic (exact) mass is 182 g/mol. The number of hydrogen-bond acceptors (Lipinski definition) is 1. The van der Waals surface area contributed by atoms with Crippen molar-refractivity contribution >= 4 is 5.97 Å². The second-order valence-electron chi connectivity index (χ2n) is 3.18. The molecule has 0 aliphatic rings. The molecule has 0 heterocycles. The molecule has 1 N–H and O–H groups in total. The Balaban J connectivity index is 3.77. The van der Waals surface area contributed by atoms with Gasteiger partial charge in [-0.25, -0.2) is 4.79 Å². The summed E-state index contributed by atoms with van der Waals surface area (Å²) in [7, 11) is 0. The van der Waals surface area contributed by atoms with Crippen molar-refractivity contribution in [3.05, 3.63) is 0 Å². The van der Waals surface area contributed by atoms with E-state index in [2.05, 4.69) is 18.8 Å². The summed E-state index contributed by atoms with van der Waals surface area (Å²) in [6.45, 7) is 4.21. The summed E-state index contributed by atoms with van der Waals surface area (Å²) in [6, 6.07) is 0. The van der Waals surface area contributed by atoms with Gasteiger partial charge in [-0.05, 0) is 12.8 Å². The van der Waals surface area contributed by atoms with Crippen molar-refractivity contribution in [2.75, 3.05) is 0 Å². The Bertz CT molecular complexity index is 198. The molecule has 0 rings (SSSR count). The van der Waals surface area contributed by atoms with E-state index < -0.39 is 5.97 Å². The van der Waals surface area contributed by atoms with E-state index in [-0.39, 0.29) is 5.92 Å². The molecule has 0 aliphatic heterocycles. The van der Waals surface area contributed by atoms with Crippen LogP contribution in [0.15, 0.2) is 0 Å². The summed E-state index contributed by atoms with van der Waals surface area (Å²) in [5, 5.41) is 8.36. The Kier molecular flexibility index (Phi) is 7.10. The summed E-state index contributed by atoms with van der Waals surface area (Å²) in [4.78, 5) is 10.2. The lowest BCUT2D eigenvalue weighted by Gasteiger charge is -2.05. The first-order valence-corrected chi connectivity index (χ1v) is 4.95. The molecule has 2 nitrogen and oxygen atoms in total. The van der Waals surface area contributed by atoms with Crippen LogP contribution in [0.3, 0.4) is 0 Å². The average molecular weight is 182 g/mol. The summed E-state index contributed by atoms with van der Waals surface area (Å²) in [5.74, 6) is 4.22. The highest BCUT2D eigenvalue weighted by atomic mass is 16.4. The third kappa shape index (κ3) is 7.39. The van der Waals surface area contributed by atoms with E-state index in [0.29, 0.717) is 0 Å². The molecule has 0 radical (unpaired) electrons. The smallest absolute Gasteiger partial charge is 0.381 e. The van der Waals surface area contributed by atoms with Crippen LogP contribution in [0.25, 0.3) is 0 Å². The highest BCUT2D eigenvalue weighted by Gasteiger charge is 2.01. The molecule has 0 aromatic heterocycles. The first kappa shape index (κ1) is 12.0. The highest BCUT2D eigenvalue weighted by Crippen LogP contribution is 2.11. The highest BCUT2D eigenvalue weighted by molar-refractivity contribution is 5.86. The fourth-order valence-electron chi connectivity index (χ4n) is 1.18. The molecular formula is C11H18O2. The van der Waals surface area contributed by atoms with Gasteiger partial charge < -0.3 is 5.11 Å². The number of aliphatic carboxylic acids is 1. The maximum atomic E-state index is 10.2. The predicted molar refractivity (Wildman–Crippen MR) is 53.3 cm³/mol. The average Bonchev–Trinajstić information content (AvgIpc) is 2.10. The normalized spacial score (nSPS) is 11.5. The van der Waals surface area contributed by atoms with Crippen molar-refractivity contribution in [1.82, 2.24) is 0 Å². The van der Waals surface area contributed by atoms with Gasteiger partial charge in [0.15, 0.2) is 0 Å². The Hall–Kier alpha value is -0.970. The van der Waals surface area contributed by atoms with E-state index in [0.717, 1.165) is 19.3 Å². The third-order valence-corrected chi connectivity index (χ3v) is 2.03. The van der Waals surface area contributed by atoms with Crippen LogP contribution in [-0.4, -0.2) is 11.1 Å². The molecule has 74 valence electrons. The topological polar surface area (TPSA) is 37.3 Å². The van der Waals surface area contributed by atoms with Crippen LogP contribution >= 0.6 is 0 Å². The number of carboxylic acids is 1. The number of hydrogen-bond donors (Lipinski definition) is 1. The Morgan fingerprint density at radius 2 is 2.08 bits per heavy atom. The van der Waals surface area contributed by atoms with Crippen molar-refractivity contribution in [2.24, 2.45) is 5.92 Å². The molecule has 0 saturated carbocycles. The van der Waals surface area contributed by atoms with Crippen molar-refractivity contribution < 1.29 is 9.90 Å². The van der Waals surface area contributed by atoms with Crippen molar-refractivity contribution in [2.45, 2.75) is 46.0 Å². The number of unbranched alkanes of at least 4 members (excludes halogenated alkanes) is 2. The molecule has 0 aromatic carbocycles. The molecule has 13 heavy (non-hydrogen) atoms. The second-order valence-corrected chi connectivity index (χ2v) is 3.18. The lowest BCUT2D eigenvalue weighted by atomic mass is 9.99. The predicted octanol–water partition coefficient (Wildman–Crippen LogP) is 2.68. The van der Waals surface area contributed by atoms with Gasteiger partial charge >= 0.3 is 5.97 Å². The molecule has 1 atom stereocenters. The first-order chi connectivity index (χ1) is 6.20. The molecule has 0 fully saturated rings. The lowest BCUT2D eigenvalue weighted by Crippen LogP contribution is -1.97. The van der Waals surface area contributed by atoms with Crippen molar-refractivity contribution in [3.63, 3.8) is 0 Å². The molecular weight excluding hydrogens is 164 g/mol. The second kappa shape index (κ2) is 7.67. The van der Waals surface area contributed by atoms with E-state index in [1.165, 1.54) is 12.8 Å². The fraction of sp³-hybridized carbons (Fsp3) is 0.727. The fourth-order valence-corrected chi connectivity index (χ4v) is 1.18. The summed E-state index contributed by atoms with van der Waals surface area (Å²) in [6.07, 6.45) is 5.55. The van der Waals surface area contributed by atoms with Crippen LogP contribution in [-0.2, 0) is 4.79 Å². The van der Waals surface area contributed by atoms with Gasteiger partial charge in [0.25, 0.3) is 0 Å². The maximum absolute atomic E-state index is 10.2. The molecule has 0 amide bonds. The Morgan fingerprint density at radius 1 is 1.38 bits per heavy atom. The summed E-state index contributed by atoms with van der Waals surface area (Å²) >= 11 is 0. The molecule has 0 spiro atoms. The Morgan fingerprint density at radius 3 is 2.54 bits per heavy atom. The number of carboxylic acid groups (broad SMARTS) is 1. The molecule has 1 unspecified atom stereocenters. The van der Waals surface area contributed by atoms with E-state index in [9.17, 15) is 4.79 Å². The van der Waals surface area contributed by atoms with Crippen molar-refractivity contribution in [3.8, 4) is 11.8 Å². The van der Waals surface area contributed by atoms with Gasteiger partial charge in [-0.2, -0.15) is 0 Å². The van der Waals surface area contributed by atoms with Gasteiger partial charge in [-0.1, -0.05) is 39.0 Å². The zero-order valence-electron chi connectivity index (χ0n) is 8.47. The van der Waals surface area contributed by atoms with E-state index in [4.69, 9.17) is 5.11 Å². The van der Waals surface area contributed by atoms with Gasteiger partial charge in [0.1, 0.15) is 0 Å². The van der Waals surface area contributed by atoms with Gasteiger partial charge in [0.05, 0.1) is 0 Å². The minimum atomic E-state index is -1.02. The molecule has 0 bridgehead atoms. The SMILES string of the molecule is CCCCCC(C#CC(=O)O)CC. The number of carbonyl (C=O) groups is 1. The van der Waals surface area contributed by atoms with E-state index in [1.807, 2.05) is 6.92 Å². The van der Waals surface area contributed by atoms with Crippen LogP contribution < -0.4 is 0 Å². The maximum Gasteiger partial charge on any atom is 0.381 e.